The molecule has 122 valence electrons. The standard InChI is InChI=1S/C14H16F3NO4/c1-8(2)12(13(20)21)18-11(19)7-9-3-5-10(6-4-9)22-14(15,16)17/h3-6,8,12H,7H2,1-2H3,(H,18,19)(H,20,21)/t12-/m0/s1. The lowest BCUT2D eigenvalue weighted by molar-refractivity contribution is -0.274. The number of carbonyl (C=O) groups is 2. The second-order valence-electron chi connectivity index (χ2n) is 5.00. The fraction of sp³-hybridized carbons (Fsp3) is 0.429. The highest BCUT2D eigenvalue weighted by Crippen LogP contribution is 2.22. The first-order chi connectivity index (χ1) is 10.1. The summed E-state index contributed by atoms with van der Waals surface area (Å²) < 4.78 is 39.7. The Labute approximate surface area is 125 Å². The van der Waals surface area contributed by atoms with Crippen molar-refractivity contribution in [3.63, 3.8) is 0 Å². The SMILES string of the molecule is CC(C)[C@H](NC(=O)Cc1ccc(OC(F)(F)F)cc1)C(=O)O. The topological polar surface area (TPSA) is 75.6 Å². The molecule has 0 spiro atoms. The molecule has 1 atom stereocenters. The summed E-state index contributed by atoms with van der Waals surface area (Å²) in [4.78, 5) is 22.7. The van der Waals surface area contributed by atoms with E-state index < -0.39 is 24.3 Å². The average Bonchev–Trinajstić information content (AvgIpc) is 2.36. The lowest BCUT2D eigenvalue weighted by atomic mass is 10.0. The van der Waals surface area contributed by atoms with E-state index in [2.05, 4.69) is 10.1 Å². The van der Waals surface area contributed by atoms with Crippen LogP contribution in [0.25, 0.3) is 0 Å². The predicted molar refractivity (Wildman–Crippen MR) is 71.2 cm³/mol. The third-order valence-corrected chi connectivity index (χ3v) is 2.77. The maximum absolute atomic E-state index is 12.0. The van der Waals surface area contributed by atoms with Crippen LogP contribution in [-0.2, 0) is 16.0 Å². The largest absolute Gasteiger partial charge is 0.573 e. The zero-order valence-corrected chi connectivity index (χ0v) is 12.0. The number of halogens is 3. The molecule has 0 radical (unpaired) electrons. The number of carboxylic acids is 1. The highest BCUT2D eigenvalue weighted by atomic mass is 19.4. The number of hydrogen-bond acceptors (Lipinski definition) is 3. The van der Waals surface area contributed by atoms with Gasteiger partial charge < -0.3 is 15.2 Å². The lowest BCUT2D eigenvalue weighted by Crippen LogP contribution is -2.44. The number of carbonyl (C=O) groups excluding carboxylic acids is 1. The number of hydrogen-bond donors (Lipinski definition) is 2. The molecule has 0 unspecified atom stereocenters. The van der Waals surface area contributed by atoms with Gasteiger partial charge in [0.25, 0.3) is 0 Å². The molecule has 1 aromatic carbocycles. The number of amides is 1. The van der Waals surface area contributed by atoms with Gasteiger partial charge in [-0.15, -0.1) is 13.2 Å². The maximum atomic E-state index is 12.0. The number of aliphatic carboxylic acids is 1. The summed E-state index contributed by atoms with van der Waals surface area (Å²) in [5.41, 5.74) is 0.444. The molecule has 8 heteroatoms. The molecule has 0 aliphatic rings. The first-order valence-corrected chi connectivity index (χ1v) is 6.45. The highest BCUT2D eigenvalue weighted by Gasteiger charge is 2.31. The molecule has 0 fully saturated rings. The van der Waals surface area contributed by atoms with Crippen molar-refractivity contribution in [2.24, 2.45) is 5.92 Å². The summed E-state index contributed by atoms with van der Waals surface area (Å²) in [5, 5.41) is 11.3. The molecular weight excluding hydrogens is 303 g/mol. The maximum Gasteiger partial charge on any atom is 0.573 e. The van der Waals surface area contributed by atoms with Gasteiger partial charge in [-0.3, -0.25) is 4.79 Å². The Hall–Kier alpha value is -2.25. The van der Waals surface area contributed by atoms with E-state index in [1.54, 1.807) is 13.8 Å². The second-order valence-corrected chi connectivity index (χ2v) is 5.00. The van der Waals surface area contributed by atoms with Gasteiger partial charge in [0, 0.05) is 0 Å². The minimum Gasteiger partial charge on any atom is -0.480 e. The van der Waals surface area contributed by atoms with Crippen molar-refractivity contribution in [2.45, 2.75) is 32.7 Å². The molecular formula is C14H16F3NO4. The Morgan fingerprint density at radius 1 is 1.23 bits per heavy atom. The lowest BCUT2D eigenvalue weighted by Gasteiger charge is -2.17. The zero-order chi connectivity index (χ0) is 16.9. The summed E-state index contributed by atoms with van der Waals surface area (Å²) in [6.45, 7) is 3.31. The first-order valence-electron chi connectivity index (χ1n) is 6.45. The highest BCUT2D eigenvalue weighted by molar-refractivity contribution is 5.85. The molecule has 22 heavy (non-hydrogen) atoms. The van der Waals surface area contributed by atoms with E-state index in [0.717, 1.165) is 12.1 Å². The number of alkyl halides is 3. The second kappa shape index (κ2) is 7.15. The summed E-state index contributed by atoms with van der Waals surface area (Å²) in [5.74, 6) is -2.34. The van der Waals surface area contributed by atoms with Crippen LogP contribution in [-0.4, -0.2) is 29.4 Å². The van der Waals surface area contributed by atoms with Gasteiger partial charge in [-0.25, -0.2) is 4.79 Å². The first kappa shape index (κ1) is 17.8. The van der Waals surface area contributed by atoms with Crippen LogP contribution in [0.2, 0.25) is 0 Å². The third kappa shape index (κ3) is 6.02. The average molecular weight is 319 g/mol. The quantitative estimate of drug-likeness (QED) is 0.844. The van der Waals surface area contributed by atoms with Crippen LogP contribution < -0.4 is 10.1 Å². The zero-order valence-electron chi connectivity index (χ0n) is 12.0. The Morgan fingerprint density at radius 2 is 1.77 bits per heavy atom. The minimum absolute atomic E-state index is 0.136. The Morgan fingerprint density at radius 3 is 2.18 bits per heavy atom. The monoisotopic (exact) mass is 319 g/mol. The van der Waals surface area contributed by atoms with E-state index in [9.17, 15) is 22.8 Å². The number of rotatable bonds is 6. The summed E-state index contributed by atoms with van der Waals surface area (Å²) >= 11 is 0. The van der Waals surface area contributed by atoms with E-state index in [0.29, 0.717) is 5.56 Å². The fourth-order valence-electron chi connectivity index (χ4n) is 1.73. The van der Waals surface area contributed by atoms with Crippen molar-refractivity contribution in [2.75, 3.05) is 0 Å². The van der Waals surface area contributed by atoms with E-state index in [-0.39, 0.29) is 18.1 Å². The molecule has 1 amide bonds. The molecule has 0 saturated carbocycles. The van der Waals surface area contributed by atoms with E-state index in [1.807, 2.05) is 0 Å². The van der Waals surface area contributed by atoms with Crippen LogP contribution in [0, 0.1) is 5.92 Å². The number of ether oxygens (including phenoxy) is 1. The van der Waals surface area contributed by atoms with Crippen LogP contribution in [0.15, 0.2) is 24.3 Å². The molecule has 0 aliphatic heterocycles. The van der Waals surface area contributed by atoms with Gasteiger partial charge in [0.2, 0.25) is 5.91 Å². The summed E-state index contributed by atoms with van der Waals surface area (Å²) in [7, 11) is 0. The summed E-state index contributed by atoms with van der Waals surface area (Å²) in [6.07, 6.45) is -4.91. The van der Waals surface area contributed by atoms with Crippen LogP contribution in [0.5, 0.6) is 5.75 Å². The summed E-state index contributed by atoms with van der Waals surface area (Å²) in [6, 6.07) is 3.79. The predicted octanol–water partition coefficient (Wildman–Crippen LogP) is 2.35. The van der Waals surface area contributed by atoms with Crippen molar-refractivity contribution in [3.05, 3.63) is 29.8 Å². The van der Waals surface area contributed by atoms with Gasteiger partial charge in [0.15, 0.2) is 0 Å². The van der Waals surface area contributed by atoms with Crippen LogP contribution in [0.1, 0.15) is 19.4 Å². The van der Waals surface area contributed by atoms with Crippen molar-refractivity contribution in [1.29, 1.82) is 0 Å². The van der Waals surface area contributed by atoms with Gasteiger partial charge in [-0.2, -0.15) is 0 Å². The van der Waals surface area contributed by atoms with Crippen molar-refractivity contribution < 1.29 is 32.6 Å². The van der Waals surface area contributed by atoms with Crippen LogP contribution >= 0.6 is 0 Å². The van der Waals surface area contributed by atoms with Gasteiger partial charge >= 0.3 is 12.3 Å². The number of carboxylic acid groups (broad SMARTS) is 1. The smallest absolute Gasteiger partial charge is 0.480 e. The molecule has 0 bridgehead atoms. The van der Waals surface area contributed by atoms with E-state index in [4.69, 9.17) is 5.11 Å². The van der Waals surface area contributed by atoms with E-state index in [1.165, 1.54) is 12.1 Å². The molecule has 1 aromatic rings. The van der Waals surface area contributed by atoms with Crippen molar-refractivity contribution in [3.8, 4) is 5.75 Å². The fourth-order valence-corrected chi connectivity index (χ4v) is 1.73. The molecule has 0 heterocycles. The van der Waals surface area contributed by atoms with Crippen LogP contribution in [0.4, 0.5) is 13.2 Å². The van der Waals surface area contributed by atoms with Gasteiger partial charge in [-0.05, 0) is 23.6 Å². The Kier molecular flexibility index (Phi) is 5.78. The molecule has 0 aromatic heterocycles. The number of nitrogens with one attached hydrogen (secondary N) is 1. The Bertz CT molecular complexity index is 526. The molecule has 5 nitrogen and oxygen atoms in total. The van der Waals surface area contributed by atoms with Gasteiger partial charge in [0.05, 0.1) is 6.42 Å². The van der Waals surface area contributed by atoms with Crippen molar-refractivity contribution in [1.82, 2.24) is 5.32 Å². The van der Waals surface area contributed by atoms with Gasteiger partial charge in [-0.1, -0.05) is 26.0 Å². The molecule has 2 N–H and O–H groups in total. The van der Waals surface area contributed by atoms with Crippen molar-refractivity contribution >= 4 is 11.9 Å². The minimum atomic E-state index is -4.77. The van der Waals surface area contributed by atoms with Crippen LogP contribution in [0.3, 0.4) is 0 Å². The normalized spacial score (nSPS) is 12.8. The molecule has 1 rings (SSSR count). The van der Waals surface area contributed by atoms with Gasteiger partial charge in [0.1, 0.15) is 11.8 Å². The third-order valence-electron chi connectivity index (χ3n) is 2.77. The van der Waals surface area contributed by atoms with E-state index >= 15 is 0 Å². The molecule has 0 saturated heterocycles. The molecule has 0 aliphatic carbocycles. The Balaban J connectivity index is 2.63. The number of benzene rings is 1.